The van der Waals surface area contributed by atoms with Crippen LogP contribution < -0.4 is 10.6 Å². The molecule has 2 rings (SSSR count). The monoisotopic (exact) mass is 457 g/mol. The van der Waals surface area contributed by atoms with Crippen LogP contribution in [0.15, 0.2) is 24.3 Å². The first-order chi connectivity index (χ1) is 15.7. The van der Waals surface area contributed by atoms with Crippen molar-refractivity contribution in [3.63, 3.8) is 0 Å². The molecule has 0 saturated heterocycles. The van der Waals surface area contributed by atoms with Crippen molar-refractivity contribution in [3.05, 3.63) is 35.4 Å². The van der Waals surface area contributed by atoms with Gasteiger partial charge in [0.1, 0.15) is 18.2 Å². The number of terminal acetylenes is 1. The van der Waals surface area contributed by atoms with Gasteiger partial charge in [-0.15, -0.1) is 6.42 Å². The minimum atomic E-state index is -1.04. The Morgan fingerprint density at radius 1 is 1.21 bits per heavy atom. The predicted octanol–water partition coefficient (Wildman–Crippen LogP) is 2.50. The van der Waals surface area contributed by atoms with Crippen LogP contribution in [0.5, 0.6) is 0 Å². The van der Waals surface area contributed by atoms with E-state index in [2.05, 4.69) is 16.6 Å². The Morgan fingerprint density at radius 2 is 1.88 bits per heavy atom. The van der Waals surface area contributed by atoms with E-state index >= 15 is 0 Å². The Morgan fingerprint density at radius 3 is 2.48 bits per heavy atom. The Hall–Kier alpha value is -3.05. The Bertz CT molecular complexity index is 866. The van der Waals surface area contributed by atoms with E-state index in [4.69, 9.17) is 11.2 Å². The summed E-state index contributed by atoms with van der Waals surface area (Å²) in [5.74, 6) is 1.68. The Kier molecular flexibility index (Phi) is 9.74. The molecule has 1 fully saturated rings. The fourth-order valence-corrected chi connectivity index (χ4v) is 3.91. The second kappa shape index (κ2) is 12.3. The maximum absolute atomic E-state index is 13.5. The van der Waals surface area contributed by atoms with E-state index in [9.17, 15) is 19.5 Å². The standard InChI is InChI=1S/C25H35N3O5/c1-5-18-11-9-10-14-20(18)22(23(31)27-19-12-7-6-8-13-19)28(15-16-29)21(30)17-26-24(32)33-25(2,3)4/h1,9-11,14,19,22,29H,6-8,12-13,15-17H2,2-4H3,(H,26,32)(H,27,31). The normalized spacial score (nSPS) is 15.1. The van der Waals surface area contributed by atoms with Gasteiger partial charge >= 0.3 is 6.09 Å². The highest BCUT2D eigenvalue weighted by Crippen LogP contribution is 2.26. The maximum Gasteiger partial charge on any atom is 0.408 e. The third kappa shape index (κ3) is 8.10. The molecule has 0 radical (unpaired) electrons. The summed E-state index contributed by atoms with van der Waals surface area (Å²) in [7, 11) is 0. The minimum absolute atomic E-state index is 0.0257. The number of nitrogens with zero attached hydrogens (tertiary/aromatic N) is 1. The highest BCUT2D eigenvalue weighted by atomic mass is 16.6. The van der Waals surface area contributed by atoms with Crippen LogP contribution in [0.3, 0.4) is 0 Å². The minimum Gasteiger partial charge on any atom is -0.444 e. The molecule has 3 amide bonds. The number of hydrogen-bond donors (Lipinski definition) is 3. The number of nitrogens with one attached hydrogen (secondary N) is 2. The highest BCUT2D eigenvalue weighted by molar-refractivity contribution is 5.91. The molecule has 180 valence electrons. The van der Waals surface area contributed by atoms with E-state index in [1.54, 1.807) is 45.0 Å². The van der Waals surface area contributed by atoms with Gasteiger partial charge in [-0.2, -0.15) is 0 Å². The molecule has 8 heteroatoms. The van der Waals surface area contributed by atoms with E-state index in [1.807, 2.05) is 0 Å². The van der Waals surface area contributed by atoms with Gasteiger partial charge in [-0.05, 0) is 45.2 Å². The number of amides is 3. The predicted molar refractivity (Wildman–Crippen MR) is 125 cm³/mol. The number of rotatable bonds is 8. The SMILES string of the molecule is C#Cc1ccccc1C(C(=O)NC1CCCCC1)N(CCO)C(=O)CNC(=O)OC(C)(C)C. The van der Waals surface area contributed by atoms with Crippen LogP contribution in [0, 0.1) is 12.3 Å². The molecular weight excluding hydrogens is 422 g/mol. The second-order valence-electron chi connectivity index (χ2n) is 9.14. The zero-order valence-corrected chi connectivity index (χ0v) is 19.7. The molecule has 1 aliphatic rings. The van der Waals surface area contributed by atoms with Crippen LogP contribution in [0.25, 0.3) is 0 Å². The molecule has 1 unspecified atom stereocenters. The fourth-order valence-electron chi connectivity index (χ4n) is 3.91. The molecule has 3 N–H and O–H groups in total. The zero-order chi connectivity index (χ0) is 24.4. The lowest BCUT2D eigenvalue weighted by Crippen LogP contribution is -2.50. The summed E-state index contributed by atoms with van der Waals surface area (Å²) < 4.78 is 5.18. The van der Waals surface area contributed by atoms with Crippen LogP contribution in [0.4, 0.5) is 4.79 Å². The van der Waals surface area contributed by atoms with Gasteiger partial charge < -0.3 is 25.4 Å². The third-order valence-electron chi connectivity index (χ3n) is 5.37. The number of hydrogen-bond acceptors (Lipinski definition) is 5. The number of aliphatic hydroxyl groups excluding tert-OH is 1. The van der Waals surface area contributed by atoms with Gasteiger partial charge in [0, 0.05) is 18.2 Å². The summed E-state index contributed by atoms with van der Waals surface area (Å²) in [5, 5.41) is 15.2. The summed E-state index contributed by atoms with van der Waals surface area (Å²) >= 11 is 0. The first kappa shape index (κ1) is 26.2. The summed E-state index contributed by atoms with van der Waals surface area (Å²) in [6, 6.07) is 5.90. The summed E-state index contributed by atoms with van der Waals surface area (Å²) in [6.45, 7) is 4.30. The molecule has 33 heavy (non-hydrogen) atoms. The molecular formula is C25H35N3O5. The average Bonchev–Trinajstić information content (AvgIpc) is 2.77. The van der Waals surface area contributed by atoms with Crippen LogP contribution >= 0.6 is 0 Å². The van der Waals surface area contributed by atoms with Gasteiger partial charge in [0.15, 0.2) is 0 Å². The van der Waals surface area contributed by atoms with Gasteiger partial charge in [-0.25, -0.2) is 4.79 Å². The average molecular weight is 458 g/mol. The van der Waals surface area contributed by atoms with Crippen LogP contribution in [-0.4, -0.2) is 59.3 Å². The quantitative estimate of drug-likeness (QED) is 0.520. The van der Waals surface area contributed by atoms with Crippen molar-refractivity contribution in [1.29, 1.82) is 0 Å². The molecule has 0 aromatic heterocycles. The largest absolute Gasteiger partial charge is 0.444 e. The lowest BCUT2D eigenvalue weighted by molar-refractivity contribution is -0.141. The van der Waals surface area contributed by atoms with Crippen LogP contribution in [0.2, 0.25) is 0 Å². The van der Waals surface area contributed by atoms with Crippen molar-refractivity contribution < 1.29 is 24.2 Å². The topological polar surface area (TPSA) is 108 Å². The number of aliphatic hydroxyl groups is 1. The zero-order valence-electron chi connectivity index (χ0n) is 19.7. The second-order valence-corrected chi connectivity index (χ2v) is 9.14. The van der Waals surface area contributed by atoms with Crippen molar-refractivity contribution >= 4 is 17.9 Å². The summed E-state index contributed by atoms with van der Waals surface area (Å²) in [6.07, 6.45) is 9.90. The lowest BCUT2D eigenvalue weighted by atomic mass is 9.94. The number of ether oxygens (including phenoxy) is 1. The van der Waals surface area contributed by atoms with Gasteiger partial charge in [-0.1, -0.05) is 43.4 Å². The van der Waals surface area contributed by atoms with Crippen molar-refractivity contribution in [2.24, 2.45) is 0 Å². The fraction of sp³-hybridized carbons (Fsp3) is 0.560. The first-order valence-corrected chi connectivity index (χ1v) is 11.4. The number of carbonyl (C=O) groups excluding carboxylic acids is 3. The molecule has 1 aromatic carbocycles. The van der Waals surface area contributed by atoms with Gasteiger partial charge in [0.05, 0.1) is 6.61 Å². The molecule has 0 heterocycles. The summed E-state index contributed by atoms with van der Waals surface area (Å²) in [4.78, 5) is 39.9. The van der Waals surface area contributed by atoms with Crippen LogP contribution in [0.1, 0.15) is 70.0 Å². The molecule has 0 spiro atoms. The van der Waals surface area contributed by atoms with E-state index in [-0.39, 0.29) is 31.6 Å². The van der Waals surface area contributed by atoms with Crippen molar-refractivity contribution in [2.75, 3.05) is 19.7 Å². The highest BCUT2D eigenvalue weighted by Gasteiger charge is 2.34. The number of benzene rings is 1. The smallest absolute Gasteiger partial charge is 0.408 e. The van der Waals surface area contributed by atoms with Crippen molar-refractivity contribution in [3.8, 4) is 12.3 Å². The summed E-state index contributed by atoms with van der Waals surface area (Å²) in [5.41, 5.74) is 0.260. The lowest BCUT2D eigenvalue weighted by Gasteiger charge is -2.33. The van der Waals surface area contributed by atoms with Gasteiger partial charge in [0.2, 0.25) is 11.8 Å². The van der Waals surface area contributed by atoms with Crippen molar-refractivity contribution in [2.45, 2.75) is 70.6 Å². The van der Waals surface area contributed by atoms with E-state index in [0.717, 1.165) is 32.1 Å². The molecule has 8 nitrogen and oxygen atoms in total. The molecule has 1 aromatic rings. The molecule has 0 aliphatic heterocycles. The molecule has 1 atom stereocenters. The number of carbonyl (C=O) groups is 3. The third-order valence-corrected chi connectivity index (χ3v) is 5.37. The number of alkyl carbamates (subject to hydrolysis) is 1. The van der Waals surface area contributed by atoms with E-state index in [0.29, 0.717) is 11.1 Å². The Labute approximate surface area is 196 Å². The molecule has 1 aliphatic carbocycles. The van der Waals surface area contributed by atoms with E-state index < -0.39 is 23.6 Å². The van der Waals surface area contributed by atoms with Gasteiger partial charge in [-0.3, -0.25) is 9.59 Å². The maximum atomic E-state index is 13.5. The molecule has 1 saturated carbocycles. The van der Waals surface area contributed by atoms with Gasteiger partial charge in [0.25, 0.3) is 0 Å². The first-order valence-electron chi connectivity index (χ1n) is 11.4. The van der Waals surface area contributed by atoms with E-state index in [1.165, 1.54) is 4.90 Å². The Balaban J connectivity index is 2.30. The van der Waals surface area contributed by atoms with Crippen LogP contribution in [-0.2, 0) is 14.3 Å². The molecule has 0 bridgehead atoms. The van der Waals surface area contributed by atoms with Crippen molar-refractivity contribution in [1.82, 2.24) is 15.5 Å².